The van der Waals surface area contributed by atoms with Crippen molar-refractivity contribution in [2.75, 3.05) is 0 Å². The predicted octanol–water partition coefficient (Wildman–Crippen LogP) is 3.17. The van der Waals surface area contributed by atoms with Crippen LogP contribution in [-0.2, 0) is 14.3 Å². The molecule has 1 amide bonds. The molecule has 0 aromatic carbocycles. The number of carbonyl (C=O) groups is 3. The predicted molar refractivity (Wildman–Crippen MR) is 104 cm³/mol. The molecule has 2 fully saturated rings. The number of amides is 1. The summed E-state index contributed by atoms with van der Waals surface area (Å²) in [6.45, 7) is 6.89. The first kappa shape index (κ1) is 20.5. The van der Waals surface area contributed by atoms with Gasteiger partial charge in [-0.1, -0.05) is 18.3 Å². The SMILES string of the molecule is CC(=O)[C@H]1C[C@@H](C(=O)On2ccccc2=S)[C@H]2CC[C@@H]1N2C(=O)OC(C)(C)C. The molecular formula is C20H26N2O5S. The zero-order valence-electron chi connectivity index (χ0n) is 16.6. The molecule has 3 heterocycles. The highest BCUT2D eigenvalue weighted by Gasteiger charge is 2.54. The van der Waals surface area contributed by atoms with Gasteiger partial charge in [-0.05, 0) is 59.1 Å². The minimum Gasteiger partial charge on any atom is -0.444 e. The van der Waals surface area contributed by atoms with Crippen LogP contribution in [0, 0.1) is 16.5 Å². The molecule has 28 heavy (non-hydrogen) atoms. The molecule has 1 aromatic rings. The van der Waals surface area contributed by atoms with Gasteiger partial charge in [0.2, 0.25) is 0 Å². The van der Waals surface area contributed by atoms with E-state index in [1.807, 2.05) is 0 Å². The van der Waals surface area contributed by atoms with E-state index >= 15 is 0 Å². The lowest BCUT2D eigenvalue weighted by molar-refractivity contribution is -0.154. The molecule has 0 unspecified atom stereocenters. The average molecular weight is 407 g/mol. The average Bonchev–Trinajstić information content (AvgIpc) is 2.91. The number of nitrogens with zero attached hydrogens (tertiary/aromatic N) is 2. The summed E-state index contributed by atoms with van der Waals surface area (Å²) < 4.78 is 7.15. The summed E-state index contributed by atoms with van der Waals surface area (Å²) in [5, 5.41) is 0. The Balaban J connectivity index is 1.87. The Hall–Kier alpha value is -2.22. The summed E-state index contributed by atoms with van der Waals surface area (Å²) in [5.74, 6) is -1.55. The Morgan fingerprint density at radius 3 is 2.32 bits per heavy atom. The van der Waals surface area contributed by atoms with Crippen LogP contribution in [0.15, 0.2) is 24.4 Å². The number of Topliss-reactive ketones (excluding diaryl/α,β-unsaturated/α-hetero) is 1. The second kappa shape index (κ2) is 7.66. The number of rotatable bonds is 3. The first-order valence-corrected chi connectivity index (χ1v) is 9.91. The maximum atomic E-state index is 12.9. The van der Waals surface area contributed by atoms with Crippen LogP contribution in [0.5, 0.6) is 0 Å². The molecule has 0 N–H and O–H groups in total. The lowest BCUT2D eigenvalue weighted by atomic mass is 9.81. The van der Waals surface area contributed by atoms with Gasteiger partial charge in [0, 0.05) is 24.2 Å². The van der Waals surface area contributed by atoms with Crippen molar-refractivity contribution < 1.29 is 24.0 Å². The maximum Gasteiger partial charge on any atom is 0.410 e. The van der Waals surface area contributed by atoms with Gasteiger partial charge in [-0.25, -0.2) is 9.59 Å². The van der Waals surface area contributed by atoms with E-state index in [0.29, 0.717) is 23.9 Å². The second-order valence-corrected chi connectivity index (χ2v) is 8.85. The van der Waals surface area contributed by atoms with E-state index in [-0.39, 0.29) is 17.9 Å². The van der Waals surface area contributed by atoms with Crippen molar-refractivity contribution in [3.05, 3.63) is 29.0 Å². The van der Waals surface area contributed by atoms with Crippen LogP contribution >= 0.6 is 12.2 Å². The van der Waals surface area contributed by atoms with Crippen molar-refractivity contribution in [1.82, 2.24) is 9.63 Å². The molecular weight excluding hydrogens is 380 g/mol. The Labute approximate surface area is 169 Å². The number of aromatic nitrogens is 1. The molecule has 0 aliphatic carbocycles. The second-order valence-electron chi connectivity index (χ2n) is 8.43. The molecule has 3 rings (SSSR count). The van der Waals surface area contributed by atoms with Crippen LogP contribution < -0.4 is 4.84 Å². The quantitative estimate of drug-likeness (QED) is 0.718. The number of piperidine rings is 1. The summed E-state index contributed by atoms with van der Waals surface area (Å²) in [6.07, 6.45) is 2.74. The smallest absolute Gasteiger partial charge is 0.410 e. The number of hydrogen-bond donors (Lipinski definition) is 0. The summed E-state index contributed by atoms with van der Waals surface area (Å²) in [7, 11) is 0. The van der Waals surface area contributed by atoms with Crippen molar-refractivity contribution in [2.24, 2.45) is 11.8 Å². The molecule has 2 bridgehead atoms. The minimum atomic E-state index is -0.660. The molecule has 152 valence electrons. The van der Waals surface area contributed by atoms with E-state index in [0.717, 1.165) is 0 Å². The Bertz CT molecular complexity index is 843. The maximum absolute atomic E-state index is 12.9. The van der Waals surface area contributed by atoms with E-state index in [1.54, 1.807) is 50.1 Å². The molecule has 2 aliphatic rings. The van der Waals surface area contributed by atoms with E-state index in [4.69, 9.17) is 21.8 Å². The van der Waals surface area contributed by atoms with E-state index in [1.165, 1.54) is 11.7 Å². The van der Waals surface area contributed by atoms with Gasteiger partial charge in [0.15, 0.2) is 0 Å². The number of carbonyl (C=O) groups excluding carboxylic acids is 3. The highest BCUT2D eigenvalue weighted by atomic mass is 32.1. The minimum absolute atomic E-state index is 0.0342. The number of ketones is 1. The van der Waals surface area contributed by atoms with E-state index in [2.05, 4.69) is 0 Å². The van der Waals surface area contributed by atoms with Crippen LogP contribution in [0.4, 0.5) is 4.79 Å². The van der Waals surface area contributed by atoms with Crippen molar-refractivity contribution in [3.8, 4) is 0 Å². The zero-order chi connectivity index (χ0) is 20.6. The number of ether oxygens (including phenoxy) is 1. The van der Waals surface area contributed by atoms with Crippen LogP contribution in [0.2, 0.25) is 0 Å². The topological polar surface area (TPSA) is 77.8 Å². The molecule has 2 saturated heterocycles. The fourth-order valence-electron chi connectivity index (χ4n) is 4.17. The van der Waals surface area contributed by atoms with E-state index in [9.17, 15) is 14.4 Å². The van der Waals surface area contributed by atoms with Crippen molar-refractivity contribution in [2.45, 2.75) is 64.6 Å². The van der Waals surface area contributed by atoms with Crippen LogP contribution in [0.1, 0.15) is 47.0 Å². The van der Waals surface area contributed by atoms with E-state index < -0.39 is 29.5 Å². The molecule has 4 atom stereocenters. The van der Waals surface area contributed by atoms with Gasteiger partial charge in [-0.15, -0.1) is 0 Å². The molecule has 7 nitrogen and oxygen atoms in total. The first-order valence-electron chi connectivity index (χ1n) is 9.50. The van der Waals surface area contributed by atoms with Gasteiger partial charge in [0.25, 0.3) is 0 Å². The summed E-state index contributed by atoms with van der Waals surface area (Å²) in [5.41, 5.74) is -0.660. The van der Waals surface area contributed by atoms with Crippen LogP contribution in [0.3, 0.4) is 0 Å². The Kier molecular flexibility index (Phi) is 5.61. The summed E-state index contributed by atoms with van der Waals surface area (Å²) in [4.78, 5) is 45.1. The summed E-state index contributed by atoms with van der Waals surface area (Å²) in [6, 6.07) is 4.54. The number of hydrogen-bond acceptors (Lipinski definition) is 6. The van der Waals surface area contributed by atoms with Crippen molar-refractivity contribution >= 4 is 30.1 Å². The van der Waals surface area contributed by atoms with Gasteiger partial charge in [0.1, 0.15) is 16.0 Å². The number of fused-ring (bicyclic) bond motifs is 2. The monoisotopic (exact) mass is 406 g/mol. The molecule has 2 aliphatic heterocycles. The van der Waals surface area contributed by atoms with Gasteiger partial charge in [-0.3, -0.25) is 4.79 Å². The molecule has 0 radical (unpaired) electrons. The summed E-state index contributed by atoms with van der Waals surface area (Å²) >= 11 is 5.17. The third kappa shape index (κ3) is 4.11. The fraction of sp³-hybridized carbons (Fsp3) is 0.600. The standard InChI is InChI=1S/C20H26N2O5S/c1-12(23)13-11-14(18(24)27-21-10-6-5-7-17(21)28)16-9-8-15(13)22(16)19(25)26-20(2,3)4/h5-7,10,13-16H,8-9,11H2,1-4H3/t13-,14-,15+,16-/m1/s1. The third-order valence-corrected chi connectivity index (χ3v) is 5.63. The largest absolute Gasteiger partial charge is 0.444 e. The van der Waals surface area contributed by atoms with Gasteiger partial charge in [-0.2, -0.15) is 4.73 Å². The Morgan fingerprint density at radius 2 is 1.75 bits per heavy atom. The highest BCUT2D eigenvalue weighted by Crippen LogP contribution is 2.43. The molecule has 0 spiro atoms. The van der Waals surface area contributed by atoms with Crippen LogP contribution in [0.25, 0.3) is 0 Å². The first-order chi connectivity index (χ1) is 13.1. The fourth-order valence-corrected chi connectivity index (χ4v) is 4.35. The highest BCUT2D eigenvalue weighted by molar-refractivity contribution is 7.71. The van der Waals surface area contributed by atoms with Crippen molar-refractivity contribution in [1.29, 1.82) is 0 Å². The zero-order valence-corrected chi connectivity index (χ0v) is 17.4. The lowest BCUT2D eigenvalue weighted by Gasteiger charge is -2.42. The Morgan fingerprint density at radius 1 is 1.11 bits per heavy atom. The molecule has 8 heteroatoms. The van der Waals surface area contributed by atoms with Crippen LogP contribution in [-0.4, -0.2) is 45.2 Å². The van der Waals surface area contributed by atoms with Gasteiger partial charge >= 0.3 is 12.1 Å². The molecule has 0 saturated carbocycles. The van der Waals surface area contributed by atoms with Gasteiger partial charge < -0.3 is 14.5 Å². The van der Waals surface area contributed by atoms with Crippen molar-refractivity contribution in [3.63, 3.8) is 0 Å². The van der Waals surface area contributed by atoms with Gasteiger partial charge in [0.05, 0.1) is 5.92 Å². The lowest BCUT2D eigenvalue weighted by Crippen LogP contribution is -2.57. The number of pyridine rings is 1. The molecule has 1 aromatic heterocycles. The normalized spacial score (nSPS) is 26.6. The third-order valence-electron chi connectivity index (χ3n) is 5.32.